The van der Waals surface area contributed by atoms with E-state index in [0.717, 1.165) is 23.9 Å². The molecule has 0 aliphatic heterocycles. The molecule has 0 unspecified atom stereocenters. The van der Waals surface area contributed by atoms with Gasteiger partial charge in [0, 0.05) is 21.5 Å². The van der Waals surface area contributed by atoms with Crippen LogP contribution in [0.25, 0.3) is 0 Å². The van der Waals surface area contributed by atoms with Crippen molar-refractivity contribution in [2.75, 3.05) is 5.73 Å². The fraction of sp³-hybridized carbons (Fsp3) is 0. The van der Waals surface area contributed by atoms with Crippen LogP contribution in [0.1, 0.15) is 0 Å². The largest absolute Gasteiger partial charge is 0.399 e. The van der Waals surface area contributed by atoms with E-state index in [9.17, 15) is 17.2 Å². The Kier molecular flexibility index (Phi) is 3.98. The van der Waals surface area contributed by atoms with Gasteiger partial charge < -0.3 is 5.73 Å². The minimum absolute atomic E-state index is 0.150. The predicted octanol–water partition coefficient (Wildman–Crippen LogP) is 2.35. The van der Waals surface area contributed by atoms with Gasteiger partial charge in [-0.25, -0.2) is 22.3 Å². The number of benzene rings is 2. The van der Waals surface area contributed by atoms with Gasteiger partial charge in [0.05, 0.1) is 4.90 Å². The summed E-state index contributed by atoms with van der Waals surface area (Å²) < 4.78 is 48.9. The fourth-order valence-corrected chi connectivity index (χ4v) is 3.10. The average molecular weight is 316 g/mol. The first-order valence-electron chi connectivity index (χ1n) is 5.32. The number of rotatable bonds is 3. The minimum Gasteiger partial charge on any atom is -0.399 e. The van der Waals surface area contributed by atoms with E-state index >= 15 is 0 Å². The molecule has 0 aliphatic rings. The second-order valence-electron chi connectivity index (χ2n) is 3.96. The maximum absolute atomic E-state index is 13.5. The van der Waals surface area contributed by atoms with E-state index in [-0.39, 0.29) is 15.5 Å². The van der Waals surface area contributed by atoms with Crippen molar-refractivity contribution in [1.82, 2.24) is 0 Å². The molecule has 2 aromatic rings. The lowest BCUT2D eigenvalue weighted by Crippen LogP contribution is -2.12. The van der Waals surface area contributed by atoms with Crippen molar-refractivity contribution in [1.29, 1.82) is 0 Å². The van der Waals surface area contributed by atoms with E-state index in [1.165, 1.54) is 24.3 Å². The zero-order valence-electron chi connectivity index (χ0n) is 10.0. The lowest BCUT2D eigenvalue weighted by atomic mass is 10.3. The smallest absolute Gasteiger partial charge is 0.238 e. The van der Waals surface area contributed by atoms with Gasteiger partial charge in [-0.2, -0.15) is 0 Å². The summed E-state index contributed by atoms with van der Waals surface area (Å²) >= 11 is 0.926. The van der Waals surface area contributed by atoms with Crippen LogP contribution in [0, 0.1) is 11.6 Å². The fourth-order valence-electron chi connectivity index (χ4n) is 1.50. The Morgan fingerprint density at radius 3 is 2.35 bits per heavy atom. The van der Waals surface area contributed by atoms with E-state index in [4.69, 9.17) is 10.9 Å². The molecule has 0 radical (unpaired) electrons. The van der Waals surface area contributed by atoms with Gasteiger partial charge in [-0.15, -0.1) is 0 Å². The third-order valence-electron chi connectivity index (χ3n) is 2.35. The first-order chi connectivity index (χ1) is 9.25. The lowest BCUT2D eigenvalue weighted by molar-refractivity contribution is 0.565. The van der Waals surface area contributed by atoms with Gasteiger partial charge in [0.2, 0.25) is 10.0 Å². The van der Waals surface area contributed by atoms with E-state index in [0.29, 0.717) is 4.90 Å². The molecule has 0 atom stereocenters. The van der Waals surface area contributed by atoms with Gasteiger partial charge in [-0.3, -0.25) is 0 Å². The van der Waals surface area contributed by atoms with Crippen LogP contribution in [0.15, 0.2) is 51.1 Å². The molecule has 106 valence electrons. The molecule has 0 aliphatic carbocycles. The third kappa shape index (κ3) is 3.47. The molecule has 0 saturated carbocycles. The molecule has 0 fully saturated rings. The Balaban J connectivity index is 2.41. The van der Waals surface area contributed by atoms with Gasteiger partial charge in [0.15, 0.2) is 0 Å². The molecule has 20 heavy (non-hydrogen) atoms. The van der Waals surface area contributed by atoms with Crippen LogP contribution in [-0.4, -0.2) is 8.42 Å². The summed E-state index contributed by atoms with van der Waals surface area (Å²) in [6, 6.07) is 7.07. The summed E-state index contributed by atoms with van der Waals surface area (Å²) in [6.45, 7) is 0. The average Bonchev–Trinajstić information content (AvgIpc) is 2.31. The number of anilines is 1. The molecule has 8 heteroatoms. The Hall–Kier alpha value is -1.64. The summed E-state index contributed by atoms with van der Waals surface area (Å²) in [6.07, 6.45) is 0. The van der Waals surface area contributed by atoms with Crippen molar-refractivity contribution in [3.63, 3.8) is 0 Å². The number of hydrogen-bond acceptors (Lipinski definition) is 4. The molecule has 4 N–H and O–H groups in total. The molecular weight excluding hydrogens is 306 g/mol. The van der Waals surface area contributed by atoms with Crippen molar-refractivity contribution in [2.45, 2.75) is 14.7 Å². The Morgan fingerprint density at radius 2 is 1.75 bits per heavy atom. The molecule has 2 aromatic carbocycles. The predicted molar refractivity (Wildman–Crippen MR) is 72.7 cm³/mol. The number of sulfonamides is 1. The summed E-state index contributed by atoms with van der Waals surface area (Å²) in [7, 11) is -3.90. The standard InChI is InChI=1S/C12H10F2N2O2S2/c13-7-1-2-12(11(14)3-7)19-9-4-8(15)5-10(6-9)20(16,17)18/h1-6H,15H2,(H2,16,17,18). The van der Waals surface area contributed by atoms with Gasteiger partial charge in [-0.05, 0) is 30.3 Å². The van der Waals surface area contributed by atoms with E-state index in [1.54, 1.807) is 0 Å². The molecule has 0 spiro atoms. The first kappa shape index (κ1) is 14.8. The van der Waals surface area contributed by atoms with E-state index in [2.05, 4.69) is 0 Å². The van der Waals surface area contributed by atoms with Crippen molar-refractivity contribution < 1.29 is 17.2 Å². The van der Waals surface area contributed by atoms with Crippen LogP contribution in [0.4, 0.5) is 14.5 Å². The Morgan fingerprint density at radius 1 is 1.05 bits per heavy atom. The summed E-state index contributed by atoms with van der Waals surface area (Å²) in [4.78, 5) is 0.374. The van der Waals surface area contributed by atoms with Crippen molar-refractivity contribution in [3.05, 3.63) is 48.0 Å². The van der Waals surface area contributed by atoms with Crippen LogP contribution < -0.4 is 10.9 Å². The van der Waals surface area contributed by atoms with Crippen LogP contribution in [0.2, 0.25) is 0 Å². The molecule has 0 amide bonds. The third-order valence-corrected chi connectivity index (χ3v) is 4.27. The van der Waals surface area contributed by atoms with Crippen LogP contribution in [0.3, 0.4) is 0 Å². The lowest BCUT2D eigenvalue weighted by Gasteiger charge is -2.07. The number of nitrogen functional groups attached to an aromatic ring is 1. The normalized spacial score (nSPS) is 11.6. The van der Waals surface area contributed by atoms with Crippen molar-refractivity contribution >= 4 is 27.5 Å². The first-order valence-corrected chi connectivity index (χ1v) is 7.68. The van der Waals surface area contributed by atoms with Crippen LogP contribution in [0.5, 0.6) is 0 Å². The minimum atomic E-state index is -3.90. The highest BCUT2D eigenvalue weighted by atomic mass is 32.2. The topological polar surface area (TPSA) is 86.2 Å². The zero-order valence-corrected chi connectivity index (χ0v) is 11.6. The monoisotopic (exact) mass is 316 g/mol. The highest BCUT2D eigenvalue weighted by molar-refractivity contribution is 7.99. The molecule has 0 bridgehead atoms. The highest BCUT2D eigenvalue weighted by Gasteiger charge is 2.12. The molecule has 4 nitrogen and oxygen atoms in total. The van der Waals surface area contributed by atoms with Gasteiger partial charge >= 0.3 is 0 Å². The number of halogens is 2. The van der Waals surface area contributed by atoms with Crippen LogP contribution >= 0.6 is 11.8 Å². The number of nitrogens with two attached hydrogens (primary N) is 2. The molecule has 0 aromatic heterocycles. The molecule has 0 saturated heterocycles. The van der Waals surface area contributed by atoms with Gasteiger partial charge in [0.1, 0.15) is 11.6 Å². The number of hydrogen-bond donors (Lipinski definition) is 2. The Bertz CT molecular complexity index is 764. The number of primary sulfonamides is 1. The molecular formula is C12H10F2N2O2S2. The van der Waals surface area contributed by atoms with Crippen molar-refractivity contribution in [3.8, 4) is 0 Å². The summed E-state index contributed by atoms with van der Waals surface area (Å²) in [5, 5.41) is 5.02. The molecule has 0 heterocycles. The quantitative estimate of drug-likeness (QED) is 0.851. The summed E-state index contributed by atoms with van der Waals surface area (Å²) in [5.74, 6) is -1.43. The second-order valence-corrected chi connectivity index (χ2v) is 6.64. The van der Waals surface area contributed by atoms with E-state index in [1.807, 2.05) is 0 Å². The van der Waals surface area contributed by atoms with Gasteiger partial charge in [0.25, 0.3) is 0 Å². The van der Waals surface area contributed by atoms with Crippen molar-refractivity contribution in [2.24, 2.45) is 5.14 Å². The maximum atomic E-state index is 13.5. The van der Waals surface area contributed by atoms with Crippen LogP contribution in [-0.2, 0) is 10.0 Å². The van der Waals surface area contributed by atoms with E-state index < -0.39 is 21.7 Å². The maximum Gasteiger partial charge on any atom is 0.238 e. The zero-order chi connectivity index (χ0) is 14.9. The molecule has 2 rings (SSSR count). The SMILES string of the molecule is Nc1cc(Sc2ccc(F)cc2F)cc(S(N)(=O)=O)c1. The van der Waals surface area contributed by atoms with Gasteiger partial charge in [-0.1, -0.05) is 11.8 Å². The second kappa shape index (κ2) is 5.39. The summed E-state index contributed by atoms with van der Waals surface area (Å²) in [5.41, 5.74) is 5.77. The highest BCUT2D eigenvalue weighted by Crippen LogP contribution is 2.32. The Labute approximate surface area is 118 Å².